The van der Waals surface area contributed by atoms with Gasteiger partial charge in [0, 0.05) is 6.07 Å². The summed E-state index contributed by atoms with van der Waals surface area (Å²) in [6, 6.07) is 21.7. The van der Waals surface area contributed by atoms with Crippen LogP contribution in [0.2, 0.25) is 0 Å². The second-order valence-electron chi connectivity index (χ2n) is 7.44. The molecule has 0 heterocycles. The molecule has 0 aliphatic carbocycles. The van der Waals surface area contributed by atoms with Crippen LogP contribution in [0.3, 0.4) is 0 Å². The predicted molar refractivity (Wildman–Crippen MR) is 135 cm³/mol. The molecule has 1 N–H and O–H groups in total. The monoisotopic (exact) mass is 497 g/mol. The number of amides is 1. The Morgan fingerprint density at radius 2 is 1.66 bits per heavy atom. The Morgan fingerprint density at radius 1 is 0.971 bits per heavy atom. The van der Waals surface area contributed by atoms with Gasteiger partial charge in [-0.05, 0) is 47.5 Å². The van der Waals surface area contributed by atoms with Crippen molar-refractivity contribution in [1.29, 1.82) is 0 Å². The minimum atomic E-state index is -3.81. The van der Waals surface area contributed by atoms with Crippen LogP contribution in [-0.4, -0.2) is 47.6 Å². The van der Waals surface area contributed by atoms with Crippen molar-refractivity contribution in [2.24, 2.45) is 5.10 Å². The molecule has 9 nitrogen and oxygen atoms in total. The first kappa shape index (κ1) is 25.6. The van der Waals surface area contributed by atoms with Crippen molar-refractivity contribution < 1.29 is 27.4 Å². The first-order valence-corrected chi connectivity index (χ1v) is 12.4. The second-order valence-corrected chi connectivity index (χ2v) is 9.35. The number of hydrogen-bond acceptors (Lipinski definition) is 7. The van der Waals surface area contributed by atoms with Gasteiger partial charge in [0.2, 0.25) is 10.0 Å². The number of benzene rings is 3. The third kappa shape index (κ3) is 7.47. The minimum absolute atomic E-state index is 0.180. The number of sulfonamides is 1. The van der Waals surface area contributed by atoms with Gasteiger partial charge in [-0.25, -0.2) is 13.8 Å². The molecule has 0 aliphatic heterocycles. The summed E-state index contributed by atoms with van der Waals surface area (Å²) in [4.78, 5) is 12.5. The molecule has 0 aliphatic rings. The zero-order valence-electron chi connectivity index (χ0n) is 19.7. The van der Waals surface area contributed by atoms with E-state index in [-0.39, 0.29) is 11.4 Å². The Balaban J connectivity index is 1.61. The number of ether oxygens (including phenoxy) is 3. The van der Waals surface area contributed by atoms with Crippen LogP contribution in [0.25, 0.3) is 0 Å². The van der Waals surface area contributed by atoms with Gasteiger partial charge in [-0.3, -0.25) is 9.10 Å². The number of methoxy groups -OCH3 is 2. The van der Waals surface area contributed by atoms with Crippen molar-refractivity contribution in [3.63, 3.8) is 0 Å². The van der Waals surface area contributed by atoms with Crippen molar-refractivity contribution in [1.82, 2.24) is 5.43 Å². The number of carbonyl (C=O) groups is 1. The summed E-state index contributed by atoms with van der Waals surface area (Å²) in [6.45, 7) is -0.0365. The van der Waals surface area contributed by atoms with Crippen molar-refractivity contribution >= 4 is 27.8 Å². The molecule has 0 spiro atoms. The molecule has 0 radical (unpaired) electrons. The summed E-state index contributed by atoms with van der Waals surface area (Å²) in [7, 11) is -0.938. The Kier molecular flexibility index (Phi) is 8.69. The van der Waals surface area contributed by atoms with E-state index < -0.39 is 22.5 Å². The molecule has 3 aromatic rings. The van der Waals surface area contributed by atoms with Crippen molar-refractivity contribution in [3.05, 3.63) is 83.9 Å². The maximum atomic E-state index is 12.5. The van der Waals surface area contributed by atoms with Gasteiger partial charge in [-0.1, -0.05) is 30.3 Å². The number of carbonyl (C=O) groups excluding carboxylic acids is 1. The van der Waals surface area contributed by atoms with E-state index in [1.165, 1.54) is 26.5 Å². The molecular formula is C25H27N3O6S. The highest BCUT2D eigenvalue weighted by Gasteiger charge is 2.24. The van der Waals surface area contributed by atoms with Crippen molar-refractivity contribution in [2.45, 2.75) is 6.61 Å². The lowest BCUT2D eigenvalue weighted by atomic mass is 10.2. The highest BCUT2D eigenvalue weighted by molar-refractivity contribution is 7.92. The maximum absolute atomic E-state index is 12.5. The normalized spacial score (nSPS) is 11.2. The minimum Gasteiger partial charge on any atom is -0.497 e. The fourth-order valence-electron chi connectivity index (χ4n) is 3.11. The van der Waals surface area contributed by atoms with Crippen molar-refractivity contribution in [3.8, 4) is 17.2 Å². The highest BCUT2D eigenvalue weighted by Crippen LogP contribution is 2.33. The van der Waals surface area contributed by atoms with Crippen molar-refractivity contribution in [2.75, 3.05) is 31.3 Å². The van der Waals surface area contributed by atoms with Crippen LogP contribution in [0.1, 0.15) is 11.1 Å². The van der Waals surface area contributed by atoms with E-state index in [4.69, 9.17) is 14.2 Å². The first-order valence-electron chi connectivity index (χ1n) is 10.6. The predicted octanol–water partition coefficient (Wildman–Crippen LogP) is 3.20. The summed E-state index contributed by atoms with van der Waals surface area (Å²) < 4.78 is 41.9. The number of hydrazone groups is 1. The number of nitrogens with one attached hydrogen (secondary N) is 1. The Morgan fingerprint density at radius 3 is 2.29 bits per heavy atom. The lowest BCUT2D eigenvalue weighted by Crippen LogP contribution is -2.39. The van der Waals surface area contributed by atoms with Crippen LogP contribution in [0.4, 0.5) is 5.69 Å². The quantitative estimate of drug-likeness (QED) is 0.322. The summed E-state index contributed by atoms with van der Waals surface area (Å²) in [6.07, 6.45) is 2.46. The summed E-state index contributed by atoms with van der Waals surface area (Å²) >= 11 is 0. The largest absolute Gasteiger partial charge is 0.497 e. The first-order chi connectivity index (χ1) is 16.8. The number of hydrogen-bond donors (Lipinski definition) is 1. The smallest absolute Gasteiger partial charge is 0.260 e. The topological polar surface area (TPSA) is 107 Å². The van der Waals surface area contributed by atoms with Gasteiger partial charge in [0.15, 0.2) is 0 Å². The highest BCUT2D eigenvalue weighted by atomic mass is 32.2. The number of rotatable bonds is 11. The summed E-state index contributed by atoms with van der Waals surface area (Å²) in [5.41, 5.74) is 4.33. The van der Waals surface area contributed by atoms with Crippen LogP contribution in [0, 0.1) is 0 Å². The van der Waals surface area contributed by atoms with Gasteiger partial charge in [-0.15, -0.1) is 0 Å². The lowest BCUT2D eigenvalue weighted by Gasteiger charge is -2.23. The molecule has 0 saturated heterocycles. The summed E-state index contributed by atoms with van der Waals surface area (Å²) in [5, 5.41) is 3.93. The molecule has 0 aromatic heterocycles. The van der Waals surface area contributed by atoms with Gasteiger partial charge in [0.05, 0.1) is 32.4 Å². The molecule has 3 aromatic carbocycles. The summed E-state index contributed by atoms with van der Waals surface area (Å²) in [5.74, 6) is 0.775. The third-order valence-electron chi connectivity index (χ3n) is 4.87. The van der Waals surface area contributed by atoms with Crippen LogP contribution in [0.5, 0.6) is 17.2 Å². The molecule has 10 heteroatoms. The van der Waals surface area contributed by atoms with E-state index in [0.29, 0.717) is 18.1 Å². The van der Waals surface area contributed by atoms with Crippen LogP contribution < -0.4 is 23.9 Å². The average Bonchev–Trinajstić information content (AvgIpc) is 2.86. The lowest BCUT2D eigenvalue weighted by molar-refractivity contribution is -0.119. The standard InChI is InChI=1S/C25H27N3O6S/c1-32-22-13-14-24(33-2)23(15-22)28(35(3,30)31)17-25(29)27-26-16-19-9-11-21(12-10-19)34-18-20-7-5-4-6-8-20/h4-16H,17-18H2,1-3H3,(H,27,29)/b26-16-. The molecule has 1 amide bonds. The van der Waals surface area contributed by atoms with Gasteiger partial charge in [-0.2, -0.15) is 5.10 Å². The fourth-order valence-corrected chi connectivity index (χ4v) is 3.96. The van der Waals surface area contributed by atoms with E-state index >= 15 is 0 Å². The van der Waals surface area contributed by atoms with Gasteiger partial charge in [0.25, 0.3) is 5.91 Å². The average molecular weight is 498 g/mol. The molecule has 0 bridgehead atoms. The van der Waals surface area contributed by atoms with E-state index in [9.17, 15) is 13.2 Å². The third-order valence-corrected chi connectivity index (χ3v) is 6.00. The Bertz CT molecular complexity index is 1260. The van der Waals surface area contributed by atoms with E-state index in [1.807, 2.05) is 30.3 Å². The Hall–Kier alpha value is -4.05. The van der Waals surface area contributed by atoms with E-state index in [1.54, 1.807) is 36.4 Å². The molecule has 0 saturated carbocycles. The van der Waals surface area contributed by atoms with Gasteiger partial charge in [0.1, 0.15) is 30.4 Å². The molecule has 0 fully saturated rings. The van der Waals surface area contributed by atoms with Crippen LogP contribution in [0.15, 0.2) is 77.9 Å². The number of anilines is 1. The second kappa shape index (κ2) is 11.9. The van der Waals surface area contributed by atoms with E-state index in [0.717, 1.165) is 21.7 Å². The Labute approximate surface area is 205 Å². The van der Waals surface area contributed by atoms with Gasteiger partial charge >= 0.3 is 0 Å². The maximum Gasteiger partial charge on any atom is 0.260 e. The molecule has 3 rings (SSSR count). The molecule has 0 unspecified atom stereocenters. The molecule has 184 valence electrons. The van der Waals surface area contributed by atoms with E-state index in [2.05, 4.69) is 10.5 Å². The van der Waals surface area contributed by atoms with Crippen LogP contribution >= 0.6 is 0 Å². The molecule has 35 heavy (non-hydrogen) atoms. The zero-order chi connectivity index (χ0) is 25.3. The molecule has 0 atom stereocenters. The van der Waals surface area contributed by atoms with Gasteiger partial charge < -0.3 is 14.2 Å². The zero-order valence-corrected chi connectivity index (χ0v) is 20.5. The fraction of sp³-hybridized carbons (Fsp3) is 0.200. The van der Waals surface area contributed by atoms with Crippen LogP contribution in [-0.2, 0) is 21.4 Å². The molecular weight excluding hydrogens is 470 g/mol. The number of nitrogens with zero attached hydrogens (tertiary/aromatic N) is 2. The SMILES string of the molecule is COc1ccc(OC)c(N(CC(=O)N/N=C\c2ccc(OCc3ccccc3)cc2)S(C)(=O)=O)c1.